The highest BCUT2D eigenvalue weighted by molar-refractivity contribution is 6.30. The number of rotatable bonds is 4. The monoisotopic (exact) mass is 287 g/mol. The molecule has 5 nitrogen and oxygen atoms in total. The second-order valence-electron chi connectivity index (χ2n) is 4.08. The molecule has 0 saturated carbocycles. The zero-order valence-corrected chi connectivity index (χ0v) is 11.1. The predicted molar refractivity (Wildman–Crippen MR) is 76.6 cm³/mol. The lowest BCUT2D eigenvalue weighted by molar-refractivity contribution is -0.385. The van der Waals surface area contributed by atoms with Crippen molar-refractivity contribution in [3.05, 3.63) is 68.7 Å². The van der Waals surface area contributed by atoms with Crippen molar-refractivity contribution in [2.45, 2.75) is 6.54 Å². The van der Waals surface area contributed by atoms with Crippen molar-refractivity contribution in [2.24, 2.45) is 0 Å². The predicted octanol–water partition coefficient (Wildman–Crippen LogP) is 3.73. The zero-order valence-electron chi connectivity index (χ0n) is 10.3. The third-order valence-electron chi connectivity index (χ3n) is 2.72. The van der Waals surface area contributed by atoms with E-state index in [-0.39, 0.29) is 11.3 Å². The van der Waals surface area contributed by atoms with Crippen LogP contribution in [-0.4, -0.2) is 4.92 Å². The van der Waals surface area contributed by atoms with Crippen LogP contribution in [0.25, 0.3) is 0 Å². The van der Waals surface area contributed by atoms with E-state index in [1.165, 1.54) is 12.1 Å². The summed E-state index contributed by atoms with van der Waals surface area (Å²) in [6.07, 6.45) is 0. The minimum atomic E-state index is -0.568. The lowest BCUT2D eigenvalue weighted by Gasteiger charge is -2.07. The lowest BCUT2D eigenvalue weighted by atomic mass is 10.1. The van der Waals surface area contributed by atoms with Gasteiger partial charge in [-0.1, -0.05) is 23.7 Å². The van der Waals surface area contributed by atoms with Gasteiger partial charge < -0.3 is 5.32 Å². The Morgan fingerprint density at radius 3 is 2.55 bits per heavy atom. The first kappa shape index (κ1) is 13.8. The van der Waals surface area contributed by atoms with Gasteiger partial charge in [0.2, 0.25) is 0 Å². The molecule has 0 atom stereocenters. The van der Waals surface area contributed by atoms with Gasteiger partial charge in [-0.05, 0) is 29.8 Å². The maximum absolute atomic E-state index is 10.7. The van der Waals surface area contributed by atoms with Crippen molar-refractivity contribution in [2.75, 3.05) is 5.32 Å². The molecule has 0 aliphatic heterocycles. The van der Waals surface area contributed by atoms with Crippen LogP contribution in [0.5, 0.6) is 0 Å². The summed E-state index contributed by atoms with van der Waals surface area (Å²) in [6.45, 7) is 0.542. The number of anilines is 1. The maximum Gasteiger partial charge on any atom is 0.287 e. The van der Waals surface area contributed by atoms with E-state index in [2.05, 4.69) is 5.32 Å². The maximum atomic E-state index is 10.7. The van der Waals surface area contributed by atoms with Gasteiger partial charge in [-0.2, -0.15) is 5.26 Å². The molecule has 0 fully saturated rings. The van der Waals surface area contributed by atoms with Crippen LogP contribution >= 0.6 is 11.6 Å². The van der Waals surface area contributed by atoms with Crippen LogP contribution < -0.4 is 5.32 Å². The molecule has 0 radical (unpaired) electrons. The van der Waals surface area contributed by atoms with E-state index in [0.29, 0.717) is 17.3 Å². The highest BCUT2D eigenvalue weighted by atomic mass is 35.5. The Morgan fingerprint density at radius 1 is 1.25 bits per heavy atom. The van der Waals surface area contributed by atoms with Gasteiger partial charge in [0.15, 0.2) is 0 Å². The average molecular weight is 288 g/mol. The van der Waals surface area contributed by atoms with Crippen molar-refractivity contribution in [1.29, 1.82) is 5.26 Å². The Balaban J connectivity index is 2.12. The number of nitro groups is 1. The zero-order chi connectivity index (χ0) is 14.5. The third-order valence-corrected chi connectivity index (χ3v) is 2.98. The highest BCUT2D eigenvalue weighted by Crippen LogP contribution is 2.22. The number of halogens is 1. The number of nitrogens with one attached hydrogen (secondary N) is 1. The molecule has 0 amide bonds. The second kappa shape index (κ2) is 6.04. The second-order valence-corrected chi connectivity index (χ2v) is 4.52. The van der Waals surface area contributed by atoms with Crippen LogP contribution in [0.4, 0.5) is 11.4 Å². The third kappa shape index (κ3) is 3.25. The molecule has 6 heteroatoms. The van der Waals surface area contributed by atoms with Crippen LogP contribution in [0.3, 0.4) is 0 Å². The molecular formula is C14H10ClN3O2. The lowest BCUT2D eigenvalue weighted by Crippen LogP contribution is -2.00. The summed E-state index contributed by atoms with van der Waals surface area (Å²) in [5.41, 5.74) is 1.52. The van der Waals surface area contributed by atoms with Gasteiger partial charge in [-0.3, -0.25) is 10.1 Å². The number of benzene rings is 2. The molecule has 2 aromatic carbocycles. The van der Waals surface area contributed by atoms with Crippen LogP contribution in [-0.2, 0) is 6.54 Å². The average Bonchev–Trinajstić information content (AvgIpc) is 2.46. The van der Waals surface area contributed by atoms with E-state index >= 15 is 0 Å². The van der Waals surface area contributed by atoms with Crippen molar-refractivity contribution < 1.29 is 4.92 Å². The summed E-state index contributed by atoms with van der Waals surface area (Å²) in [7, 11) is 0. The van der Waals surface area contributed by atoms with Crippen LogP contribution in [0.2, 0.25) is 5.02 Å². The van der Waals surface area contributed by atoms with E-state index in [0.717, 1.165) is 5.56 Å². The van der Waals surface area contributed by atoms with Gasteiger partial charge >= 0.3 is 0 Å². The summed E-state index contributed by atoms with van der Waals surface area (Å²) in [5.74, 6) is 0. The molecule has 20 heavy (non-hydrogen) atoms. The fourth-order valence-electron chi connectivity index (χ4n) is 1.70. The van der Waals surface area contributed by atoms with Gasteiger partial charge in [0.1, 0.15) is 11.6 Å². The van der Waals surface area contributed by atoms with Crippen LogP contribution in [0.15, 0.2) is 42.5 Å². The number of hydrogen-bond donors (Lipinski definition) is 1. The van der Waals surface area contributed by atoms with E-state index in [1.807, 2.05) is 18.2 Å². The van der Waals surface area contributed by atoms with E-state index in [9.17, 15) is 10.1 Å². The van der Waals surface area contributed by atoms with Gasteiger partial charge in [-0.15, -0.1) is 0 Å². The summed E-state index contributed by atoms with van der Waals surface area (Å²) in [6, 6.07) is 13.5. The molecule has 0 heterocycles. The Labute approximate surface area is 120 Å². The van der Waals surface area contributed by atoms with Crippen molar-refractivity contribution in [1.82, 2.24) is 0 Å². The van der Waals surface area contributed by atoms with E-state index in [4.69, 9.17) is 16.9 Å². The quantitative estimate of drug-likeness (QED) is 0.686. The standard InChI is InChI=1S/C14H10ClN3O2/c15-12-3-1-10(2-4-12)9-17-13-5-6-14(18(19)20)11(7-13)8-16/h1-7,17H,9H2. The number of nitro benzene ring substituents is 1. The first-order valence-electron chi connectivity index (χ1n) is 5.77. The molecule has 0 spiro atoms. The Morgan fingerprint density at radius 2 is 1.95 bits per heavy atom. The molecular weight excluding hydrogens is 278 g/mol. The molecule has 0 unspecified atom stereocenters. The summed E-state index contributed by atoms with van der Waals surface area (Å²) >= 11 is 5.80. The smallest absolute Gasteiger partial charge is 0.287 e. The van der Waals surface area contributed by atoms with Gasteiger partial charge in [-0.25, -0.2) is 0 Å². The summed E-state index contributed by atoms with van der Waals surface area (Å²) < 4.78 is 0. The molecule has 0 saturated heterocycles. The normalized spacial score (nSPS) is 9.80. The fraction of sp³-hybridized carbons (Fsp3) is 0.0714. The van der Waals surface area contributed by atoms with Crippen LogP contribution in [0, 0.1) is 21.4 Å². The SMILES string of the molecule is N#Cc1cc(NCc2ccc(Cl)cc2)ccc1[N+](=O)[O-]. The van der Waals surface area contributed by atoms with Gasteiger partial charge in [0, 0.05) is 23.3 Å². The highest BCUT2D eigenvalue weighted by Gasteiger charge is 2.13. The van der Waals surface area contributed by atoms with Crippen molar-refractivity contribution >= 4 is 23.0 Å². The first-order chi connectivity index (χ1) is 9.60. The van der Waals surface area contributed by atoms with Gasteiger partial charge in [0.05, 0.1) is 4.92 Å². The Kier molecular flexibility index (Phi) is 4.18. The number of nitriles is 1. The van der Waals surface area contributed by atoms with Crippen LogP contribution in [0.1, 0.15) is 11.1 Å². The molecule has 0 aromatic heterocycles. The largest absolute Gasteiger partial charge is 0.381 e. The van der Waals surface area contributed by atoms with Gasteiger partial charge in [0.25, 0.3) is 5.69 Å². The van der Waals surface area contributed by atoms with E-state index < -0.39 is 4.92 Å². The molecule has 2 rings (SSSR count). The fourth-order valence-corrected chi connectivity index (χ4v) is 1.83. The first-order valence-corrected chi connectivity index (χ1v) is 6.15. The summed E-state index contributed by atoms with van der Waals surface area (Å²) in [4.78, 5) is 10.2. The molecule has 2 aromatic rings. The number of hydrogen-bond acceptors (Lipinski definition) is 4. The Hall–Kier alpha value is -2.58. The molecule has 100 valence electrons. The molecule has 1 N–H and O–H groups in total. The summed E-state index contributed by atoms with van der Waals surface area (Å²) in [5, 5.41) is 23.4. The molecule has 0 aliphatic rings. The topological polar surface area (TPSA) is 79.0 Å². The molecule has 0 aliphatic carbocycles. The van der Waals surface area contributed by atoms with Crippen molar-refractivity contribution in [3.63, 3.8) is 0 Å². The molecule has 0 bridgehead atoms. The number of nitrogens with zero attached hydrogens (tertiary/aromatic N) is 2. The minimum Gasteiger partial charge on any atom is -0.381 e. The van der Waals surface area contributed by atoms with E-state index in [1.54, 1.807) is 18.2 Å². The Bertz CT molecular complexity index is 678. The van der Waals surface area contributed by atoms with Crippen molar-refractivity contribution in [3.8, 4) is 6.07 Å². The minimum absolute atomic E-state index is 0.0381.